The lowest BCUT2D eigenvalue weighted by molar-refractivity contribution is 0.855. The van der Waals surface area contributed by atoms with Crippen LogP contribution in [-0.2, 0) is 0 Å². The molecule has 0 aliphatic carbocycles. The molecule has 0 spiro atoms. The van der Waals surface area contributed by atoms with Crippen LogP contribution in [0.4, 0.5) is 0 Å². The molecule has 0 radical (unpaired) electrons. The van der Waals surface area contributed by atoms with E-state index in [0.29, 0.717) is 11.8 Å². The third kappa shape index (κ3) is 10.3. The summed E-state index contributed by atoms with van der Waals surface area (Å²) in [4.78, 5) is 0. The van der Waals surface area contributed by atoms with Crippen LogP contribution in [0, 0.1) is 13.8 Å². The van der Waals surface area contributed by atoms with Crippen molar-refractivity contribution in [2.45, 2.75) is 82.1 Å². The van der Waals surface area contributed by atoms with Gasteiger partial charge < -0.3 is 0 Å². The summed E-state index contributed by atoms with van der Waals surface area (Å²) in [7, 11) is 0. The van der Waals surface area contributed by atoms with Crippen LogP contribution < -0.4 is 0 Å². The van der Waals surface area contributed by atoms with Gasteiger partial charge in [-0.1, -0.05) is 110 Å². The van der Waals surface area contributed by atoms with Gasteiger partial charge in [0.2, 0.25) is 0 Å². The Hall–Kier alpha value is -1.56. The molecule has 0 heterocycles. The van der Waals surface area contributed by atoms with E-state index in [1.54, 1.807) is 0 Å². The van der Waals surface area contributed by atoms with Crippen molar-refractivity contribution in [3.8, 4) is 0 Å². The quantitative estimate of drug-likeness (QED) is 0.517. The van der Waals surface area contributed by atoms with Crippen LogP contribution in [0.25, 0.3) is 0 Å². The standard InChI is InChI=1S/C11H16.C9H12.C2H6.2CH4/c1-8(2)11-6-5-9(3)7-10(11)4;1-8(2)9-6-4-3-5-7-9;1-2;;/h5-8H,1-4H3;3-8H,1-2H3;1-2H3;2*1H4. The van der Waals surface area contributed by atoms with Crippen molar-refractivity contribution >= 4 is 0 Å². The fraction of sp³-hybridized carbons (Fsp3) is 0.500. The molecule has 2 aromatic rings. The molecular formula is C24H42. The Morgan fingerprint density at radius 1 is 0.667 bits per heavy atom. The van der Waals surface area contributed by atoms with Crippen LogP contribution in [-0.4, -0.2) is 0 Å². The molecule has 0 aliphatic heterocycles. The van der Waals surface area contributed by atoms with E-state index in [9.17, 15) is 0 Å². The molecule has 0 saturated heterocycles. The van der Waals surface area contributed by atoms with Crippen LogP contribution >= 0.6 is 0 Å². The topological polar surface area (TPSA) is 0 Å². The summed E-state index contributed by atoms with van der Waals surface area (Å²) in [6, 6.07) is 17.2. The lowest BCUT2D eigenvalue weighted by atomic mass is 9.97. The van der Waals surface area contributed by atoms with E-state index in [1.807, 2.05) is 19.9 Å². The largest absolute Gasteiger partial charge is 0.0776 e. The summed E-state index contributed by atoms with van der Waals surface area (Å²) in [5, 5.41) is 0. The first-order chi connectivity index (χ1) is 10.4. The molecule has 2 rings (SSSR count). The van der Waals surface area contributed by atoms with Crippen molar-refractivity contribution < 1.29 is 0 Å². The van der Waals surface area contributed by atoms with Gasteiger partial charge in [-0.25, -0.2) is 0 Å². The SMILES string of the molecule is C.C.CC.CC(C)c1ccccc1.Cc1ccc(C(C)C)c(C)c1. The van der Waals surface area contributed by atoms with Gasteiger partial charge in [-0.05, 0) is 42.4 Å². The summed E-state index contributed by atoms with van der Waals surface area (Å²) < 4.78 is 0. The Labute approximate surface area is 153 Å². The molecule has 0 N–H and O–H groups in total. The third-order valence-corrected chi connectivity index (χ3v) is 3.51. The first kappa shape index (κ1) is 27.3. The fourth-order valence-corrected chi connectivity index (χ4v) is 2.31. The summed E-state index contributed by atoms with van der Waals surface area (Å²) in [5.41, 5.74) is 5.65. The summed E-state index contributed by atoms with van der Waals surface area (Å²) >= 11 is 0. The molecule has 2 aromatic carbocycles. The summed E-state index contributed by atoms with van der Waals surface area (Å²) in [6.45, 7) is 17.2. The van der Waals surface area contributed by atoms with Crippen molar-refractivity contribution in [1.29, 1.82) is 0 Å². The first-order valence-corrected chi connectivity index (χ1v) is 8.54. The molecule has 0 fully saturated rings. The van der Waals surface area contributed by atoms with Crippen LogP contribution in [0.5, 0.6) is 0 Å². The minimum atomic E-state index is 0. The van der Waals surface area contributed by atoms with Crippen LogP contribution in [0.15, 0.2) is 48.5 Å². The van der Waals surface area contributed by atoms with Gasteiger partial charge >= 0.3 is 0 Å². The van der Waals surface area contributed by atoms with Gasteiger partial charge in [0, 0.05) is 0 Å². The number of hydrogen-bond acceptors (Lipinski definition) is 0. The molecule has 24 heavy (non-hydrogen) atoms. The average Bonchev–Trinajstić information content (AvgIpc) is 2.50. The van der Waals surface area contributed by atoms with Crippen LogP contribution in [0.3, 0.4) is 0 Å². The summed E-state index contributed by atoms with van der Waals surface area (Å²) in [5.74, 6) is 1.31. The van der Waals surface area contributed by atoms with Crippen molar-refractivity contribution in [2.24, 2.45) is 0 Å². The van der Waals surface area contributed by atoms with Gasteiger partial charge in [-0.3, -0.25) is 0 Å². The molecule has 0 unspecified atom stereocenters. The molecule has 0 aromatic heterocycles. The molecule has 0 atom stereocenters. The maximum atomic E-state index is 2.25. The summed E-state index contributed by atoms with van der Waals surface area (Å²) in [6.07, 6.45) is 0. The normalized spacial score (nSPS) is 8.92. The van der Waals surface area contributed by atoms with Gasteiger partial charge in [0.15, 0.2) is 0 Å². The Kier molecular flexibility index (Phi) is 17.1. The lowest BCUT2D eigenvalue weighted by Gasteiger charge is -2.09. The number of aryl methyl sites for hydroxylation is 2. The number of hydrogen-bond donors (Lipinski definition) is 0. The second kappa shape index (κ2) is 15.0. The molecule has 138 valence electrons. The van der Waals surface area contributed by atoms with Crippen LogP contribution in [0.2, 0.25) is 0 Å². The average molecular weight is 331 g/mol. The highest BCUT2D eigenvalue weighted by Crippen LogP contribution is 2.19. The van der Waals surface area contributed by atoms with E-state index in [2.05, 4.69) is 84.0 Å². The number of benzene rings is 2. The number of rotatable bonds is 2. The third-order valence-electron chi connectivity index (χ3n) is 3.51. The predicted molar refractivity (Wildman–Crippen MR) is 115 cm³/mol. The first-order valence-electron chi connectivity index (χ1n) is 8.54. The maximum Gasteiger partial charge on any atom is -0.0216 e. The Bertz CT molecular complexity index is 507. The van der Waals surface area contributed by atoms with Gasteiger partial charge in [-0.2, -0.15) is 0 Å². The monoisotopic (exact) mass is 330 g/mol. The van der Waals surface area contributed by atoms with E-state index in [0.717, 1.165) is 0 Å². The second-order valence-corrected chi connectivity index (χ2v) is 6.08. The van der Waals surface area contributed by atoms with Gasteiger partial charge in [0.05, 0.1) is 0 Å². The zero-order chi connectivity index (χ0) is 17.1. The van der Waals surface area contributed by atoms with Crippen molar-refractivity contribution in [2.75, 3.05) is 0 Å². The highest BCUT2D eigenvalue weighted by atomic mass is 14.1. The smallest absolute Gasteiger partial charge is 0.0216 e. The van der Waals surface area contributed by atoms with Crippen LogP contribution in [0.1, 0.15) is 90.5 Å². The highest BCUT2D eigenvalue weighted by molar-refractivity contribution is 5.32. The molecule has 0 amide bonds. The van der Waals surface area contributed by atoms with E-state index in [4.69, 9.17) is 0 Å². The van der Waals surface area contributed by atoms with Gasteiger partial charge in [0.25, 0.3) is 0 Å². The molecular weight excluding hydrogens is 288 g/mol. The van der Waals surface area contributed by atoms with Crippen molar-refractivity contribution in [1.82, 2.24) is 0 Å². The maximum absolute atomic E-state index is 2.25. The van der Waals surface area contributed by atoms with Gasteiger partial charge in [-0.15, -0.1) is 0 Å². The van der Waals surface area contributed by atoms with E-state index >= 15 is 0 Å². The predicted octanol–water partition coefficient (Wildman–Crippen LogP) is 8.54. The highest BCUT2D eigenvalue weighted by Gasteiger charge is 2.01. The Morgan fingerprint density at radius 2 is 1.17 bits per heavy atom. The molecule has 0 aliphatic rings. The molecule has 0 nitrogen and oxygen atoms in total. The zero-order valence-electron chi connectivity index (χ0n) is 15.8. The molecule has 0 heteroatoms. The Morgan fingerprint density at radius 3 is 1.50 bits per heavy atom. The minimum absolute atomic E-state index is 0. The van der Waals surface area contributed by atoms with Gasteiger partial charge in [0.1, 0.15) is 0 Å². The van der Waals surface area contributed by atoms with Crippen molar-refractivity contribution in [3.05, 3.63) is 70.8 Å². The second-order valence-electron chi connectivity index (χ2n) is 6.08. The van der Waals surface area contributed by atoms with E-state index in [-0.39, 0.29) is 14.9 Å². The minimum Gasteiger partial charge on any atom is -0.0776 e. The molecule has 0 saturated carbocycles. The lowest BCUT2D eigenvalue weighted by Crippen LogP contribution is -1.91. The molecule has 0 bridgehead atoms. The zero-order valence-corrected chi connectivity index (χ0v) is 15.8. The fourth-order valence-electron chi connectivity index (χ4n) is 2.31. The van der Waals surface area contributed by atoms with E-state index < -0.39 is 0 Å². The van der Waals surface area contributed by atoms with E-state index in [1.165, 1.54) is 22.3 Å². The Balaban J connectivity index is -0.000000313. The van der Waals surface area contributed by atoms with Crippen molar-refractivity contribution in [3.63, 3.8) is 0 Å².